The molecule has 0 heterocycles. The Balaban J connectivity index is 2.53. The van der Waals surface area contributed by atoms with Crippen LogP contribution in [-0.4, -0.2) is 6.54 Å². The molecule has 0 saturated carbocycles. The lowest BCUT2D eigenvalue weighted by Gasteiger charge is -2.21. The zero-order valence-corrected chi connectivity index (χ0v) is 14.5. The maximum Gasteiger partial charge on any atom is 0.129 e. The molecule has 2 aromatic carbocycles. The van der Waals surface area contributed by atoms with Crippen molar-refractivity contribution < 1.29 is 8.78 Å². The van der Waals surface area contributed by atoms with E-state index in [4.69, 9.17) is 0 Å². The van der Waals surface area contributed by atoms with Gasteiger partial charge in [-0.1, -0.05) is 25.1 Å². The van der Waals surface area contributed by atoms with Gasteiger partial charge in [0.15, 0.2) is 0 Å². The number of nitrogens with one attached hydrogen (secondary N) is 1. The highest BCUT2D eigenvalue weighted by molar-refractivity contribution is 14.1. The van der Waals surface area contributed by atoms with Crippen molar-refractivity contribution in [3.05, 3.63) is 67.8 Å². The van der Waals surface area contributed by atoms with Crippen molar-refractivity contribution in [1.29, 1.82) is 0 Å². The van der Waals surface area contributed by atoms with E-state index in [1.165, 1.54) is 12.1 Å². The molecule has 1 unspecified atom stereocenters. The zero-order valence-electron chi connectivity index (χ0n) is 12.3. The molecule has 0 aliphatic rings. The highest BCUT2D eigenvalue weighted by atomic mass is 127. The Morgan fingerprint density at radius 3 is 2.24 bits per heavy atom. The molecule has 2 rings (SSSR count). The molecule has 0 aliphatic heterocycles. The Kier molecular flexibility index (Phi) is 5.32. The van der Waals surface area contributed by atoms with Gasteiger partial charge >= 0.3 is 0 Å². The van der Waals surface area contributed by atoms with Gasteiger partial charge in [-0.15, -0.1) is 0 Å². The van der Waals surface area contributed by atoms with Gasteiger partial charge in [0.25, 0.3) is 0 Å². The summed E-state index contributed by atoms with van der Waals surface area (Å²) in [5, 5.41) is 3.40. The van der Waals surface area contributed by atoms with Gasteiger partial charge in [0.05, 0.1) is 6.04 Å². The van der Waals surface area contributed by atoms with Gasteiger partial charge in [-0.3, -0.25) is 0 Å². The highest BCUT2D eigenvalue weighted by Crippen LogP contribution is 2.29. The van der Waals surface area contributed by atoms with E-state index in [1.807, 2.05) is 19.1 Å². The van der Waals surface area contributed by atoms with Crippen LogP contribution in [-0.2, 0) is 0 Å². The average molecular weight is 401 g/mol. The Bertz CT molecular complexity index is 632. The van der Waals surface area contributed by atoms with Gasteiger partial charge in [-0.25, -0.2) is 8.78 Å². The summed E-state index contributed by atoms with van der Waals surface area (Å²) in [5.74, 6) is -0.410. The molecule has 0 saturated heterocycles. The van der Waals surface area contributed by atoms with Gasteiger partial charge in [-0.05, 0) is 77.4 Å². The smallest absolute Gasteiger partial charge is 0.129 e. The van der Waals surface area contributed by atoms with Crippen LogP contribution in [0.1, 0.15) is 35.2 Å². The number of aryl methyl sites for hydroxylation is 2. The third kappa shape index (κ3) is 3.61. The maximum atomic E-state index is 13.8. The molecule has 0 spiro atoms. The van der Waals surface area contributed by atoms with Crippen LogP contribution in [0, 0.1) is 29.1 Å². The van der Waals surface area contributed by atoms with Crippen molar-refractivity contribution in [2.24, 2.45) is 0 Å². The minimum absolute atomic E-state index is 0.0690. The van der Waals surface area contributed by atoms with Crippen LogP contribution >= 0.6 is 22.6 Å². The lowest BCUT2D eigenvalue weighted by Crippen LogP contribution is -2.23. The molecular weight excluding hydrogens is 383 g/mol. The van der Waals surface area contributed by atoms with E-state index in [9.17, 15) is 8.78 Å². The van der Waals surface area contributed by atoms with E-state index >= 15 is 0 Å². The summed E-state index contributed by atoms with van der Waals surface area (Å²) in [5.41, 5.74) is 3.26. The van der Waals surface area contributed by atoms with Crippen LogP contribution in [0.2, 0.25) is 0 Å². The molecule has 0 aromatic heterocycles. The standard InChI is InChI=1S/C17H18F2IN/c1-4-21-17(14-6-5-13(18)9-15(14)20)12-7-10(2)16(19)11(3)8-12/h5-9,17,21H,4H2,1-3H3. The van der Waals surface area contributed by atoms with Crippen LogP contribution in [0.15, 0.2) is 30.3 Å². The van der Waals surface area contributed by atoms with Crippen LogP contribution in [0.5, 0.6) is 0 Å². The third-order valence-electron chi connectivity index (χ3n) is 3.47. The molecule has 112 valence electrons. The van der Waals surface area contributed by atoms with Crippen LogP contribution < -0.4 is 5.32 Å². The molecule has 1 N–H and O–H groups in total. The first-order valence-electron chi connectivity index (χ1n) is 6.89. The van der Waals surface area contributed by atoms with Crippen LogP contribution in [0.4, 0.5) is 8.78 Å². The summed E-state index contributed by atoms with van der Waals surface area (Å²) in [7, 11) is 0. The fourth-order valence-electron chi connectivity index (χ4n) is 2.49. The molecule has 21 heavy (non-hydrogen) atoms. The molecule has 0 fully saturated rings. The minimum Gasteiger partial charge on any atom is -0.306 e. The average Bonchev–Trinajstić information content (AvgIpc) is 2.42. The summed E-state index contributed by atoms with van der Waals surface area (Å²) in [4.78, 5) is 0. The zero-order chi connectivity index (χ0) is 15.6. The van der Waals surface area contributed by atoms with Gasteiger partial charge < -0.3 is 5.32 Å². The second kappa shape index (κ2) is 6.83. The molecule has 0 bridgehead atoms. The summed E-state index contributed by atoms with van der Waals surface area (Å²) in [6.07, 6.45) is 0. The summed E-state index contributed by atoms with van der Waals surface area (Å²) < 4.78 is 28.0. The van der Waals surface area contributed by atoms with Gasteiger partial charge in [-0.2, -0.15) is 0 Å². The predicted octanol–water partition coefficient (Wildman–Crippen LogP) is 4.89. The molecule has 2 aromatic rings. The van der Waals surface area contributed by atoms with Gasteiger partial charge in [0, 0.05) is 3.57 Å². The fraction of sp³-hybridized carbons (Fsp3) is 0.294. The monoisotopic (exact) mass is 401 g/mol. The van der Waals surface area contributed by atoms with E-state index in [-0.39, 0.29) is 17.7 Å². The first kappa shape index (κ1) is 16.4. The number of rotatable bonds is 4. The normalized spacial score (nSPS) is 12.5. The summed E-state index contributed by atoms with van der Waals surface area (Å²) >= 11 is 2.14. The van der Waals surface area contributed by atoms with Crippen LogP contribution in [0.3, 0.4) is 0 Å². The maximum absolute atomic E-state index is 13.8. The van der Waals surface area contributed by atoms with E-state index in [2.05, 4.69) is 27.9 Å². The first-order valence-corrected chi connectivity index (χ1v) is 7.97. The van der Waals surface area contributed by atoms with E-state index in [0.29, 0.717) is 11.1 Å². The van der Waals surface area contributed by atoms with E-state index in [0.717, 1.165) is 21.2 Å². The van der Waals surface area contributed by atoms with Crippen molar-refractivity contribution in [3.63, 3.8) is 0 Å². The summed E-state index contributed by atoms with van der Waals surface area (Å²) in [6.45, 7) is 6.33. The number of hydrogen-bond acceptors (Lipinski definition) is 1. The SMILES string of the molecule is CCNC(c1cc(C)c(F)c(C)c1)c1ccc(F)cc1I. The van der Waals surface area contributed by atoms with Gasteiger partial charge in [0.1, 0.15) is 11.6 Å². The second-order valence-electron chi connectivity index (χ2n) is 5.13. The summed E-state index contributed by atoms with van der Waals surface area (Å²) in [6, 6.07) is 8.41. The lowest BCUT2D eigenvalue weighted by molar-refractivity contribution is 0.595. The van der Waals surface area contributed by atoms with Crippen molar-refractivity contribution in [1.82, 2.24) is 5.32 Å². The number of hydrogen-bond donors (Lipinski definition) is 1. The van der Waals surface area contributed by atoms with Crippen molar-refractivity contribution >= 4 is 22.6 Å². The van der Waals surface area contributed by atoms with Gasteiger partial charge in [0.2, 0.25) is 0 Å². The molecule has 0 radical (unpaired) electrons. The largest absolute Gasteiger partial charge is 0.306 e. The topological polar surface area (TPSA) is 12.0 Å². The molecule has 1 atom stereocenters. The first-order chi connectivity index (χ1) is 9.93. The predicted molar refractivity (Wildman–Crippen MR) is 90.5 cm³/mol. The Morgan fingerprint density at radius 2 is 1.71 bits per heavy atom. The molecule has 0 aliphatic carbocycles. The highest BCUT2D eigenvalue weighted by Gasteiger charge is 2.18. The molecule has 4 heteroatoms. The number of halogens is 3. The third-order valence-corrected chi connectivity index (χ3v) is 4.41. The lowest BCUT2D eigenvalue weighted by atomic mass is 9.95. The number of benzene rings is 2. The molecule has 1 nitrogen and oxygen atoms in total. The Morgan fingerprint density at radius 1 is 1.10 bits per heavy atom. The fourth-order valence-corrected chi connectivity index (χ4v) is 3.28. The van der Waals surface area contributed by atoms with E-state index < -0.39 is 0 Å². The van der Waals surface area contributed by atoms with E-state index in [1.54, 1.807) is 19.9 Å². The Labute approximate surface area is 137 Å². The van der Waals surface area contributed by atoms with Crippen LogP contribution in [0.25, 0.3) is 0 Å². The minimum atomic E-state index is -0.245. The molecular formula is C17H18F2IN. The van der Waals surface area contributed by atoms with Crippen molar-refractivity contribution in [3.8, 4) is 0 Å². The molecule has 0 amide bonds. The quantitative estimate of drug-likeness (QED) is 0.720. The van der Waals surface area contributed by atoms with Crippen molar-refractivity contribution in [2.45, 2.75) is 26.8 Å². The Hall–Kier alpha value is -1.01. The van der Waals surface area contributed by atoms with Crippen molar-refractivity contribution in [2.75, 3.05) is 6.54 Å². The second-order valence-corrected chi connectivity index (χ2v) is 6.29.